The number of anilines is 3. The van der Waals surface area contributed by atoms with Crippen LogP contribution in [0.25, 0.3) is 5.65 Å². The number of amides is 2. The topological polar surface area (TPSA) is 126 Å². The number of halogens is 1. The molecule has 2 amide bonds. The van der Waals surface area contributed by atoms with Gasteiger partial charge in [-0.25, -0.2) is 9.29 Å². The Hall–Kier alpha value is -3.90. The Kier molecular flexibility index (Phi) is 7.84. The molecular formula is C27H33FN8O3. The lowest BCUT2D eigenvalue weighted by molar-refractivity contribution is -0.126. The first kappa shape index (κ1) is 26.7. The SMILES string of the molecule is C=CC(=O)N(C(=O)C1CCN1)c1ccc(F)c(CNc2nc(NC3CCOCC3)nc3c(C(C)C)cnn23)c1. The number of nitrogens with one attached hydrogen (secondary N) is 3. The lowest BCUT2D eigenvalue weighted by Gasteiger charge is -2.31. The van der Waals surface area contributed by atoms with Gasteiger partial charge in [0.05, 0.1) is 17.9 Å². The van der Waals surface area contributed by atoms with Crippen LogP contribution in [0.15, 0.2) is 37.1 Å². The molecule has 4 heterocycles. The van der Waals surface area contributed by atoms with Crippen molar-refractivity contribution in [2.24, 2.45) is 0 Å². The van der Waals surface area contributed by atoms with Crippen molar-refractivity contribution < 1.29 is 18.7 Å². The van der Waals surface area contributed by atoms with E-state index in [1.807, 2.05) is 0 Å². The van der Waals surface area contributed by atoms with Crippen LogP contribution in [0.5, 0.6) is 0 Å². The number of imide groups is 1. The summed E-state index contributed by atoms with van der Waals surface area (Å²) in [5.41, 5.74) is 2.15. The number of hydrogen-bond acceptors (Lipinski definition) is 9. The summed E-state index contributed by atoms with van der Waals surface area (Å²) in [5.74, 6) is -0.420. The summed E-state index contributed by atoms with van der Waals surface area (Å²) in [5, 5.41) is 14.1. The number of ether oxygens (including phenoxy) is 1. The normalized spacial score (nSPS) is 17.6. The molecule has 5 rings (SSSR count). The molecule has 1 aromatic carbocycles. The molecule has 1 atom stereocenters. The van der Waals surface area contributed by atoms with E-state index < -0.39 is 23.7 Å². The molecule has 3 N–H and O–H groups in total. The second-order valence-electron chi connectivity index (χ2n) is 10.0. The fourth-order valence-electron chi connectivity index (χ4n) is 4.62. The van der Waals surface area contributed by atoms with Crippen LogP contribution in [0.1, 0.15) is 50.2 Å². The summed E-state index contributed by atoms with van der Waals surface area (Å²) in [4.78, 5) is 35.9. The van der Waals surface area contributed by atoms with Gasteiger partial charge in [-0.2, -0.15) is 19.6 Å². The van der Waals surface area contributed by atoms with E-state index in [-0.39, 0.29) is 29.8 Å². The maximum atomic E-state index is 14.9. The van der Waals surface area contributed by atoms with Gasteiger partial charge in [-0.15, -0.1) is 0 Å². The quantitative estimate of drug-likeness (QED) is 0.354. The number of nitrogens with zero attached hydrogens (tertiary/aromatic N) is 5. The maximum absolute atomic E-state index is 14.9. The minimum Gasteiger partial charge on any atom is -0.381 e. The Morgan fingerprint density at radius 2 is 2.05 bits per heavy atom. The predicted molar refractivity (Wildman–Crippen MR) is 145 cm³/mol. The van der Waals surface area contributed by atoms with Gasteiger partial charge in [0.25, 0.3) is 11.8 Å². The summed E-state index contributed by atoms with van der Waals surface area (Å²) in [6.07, 6.45) is 5.16. The Morgan fingerprint density at radius 1 is 1.28 bits per heavy atom. The van der Waals surface area contributed by atoms with Crippen LogP contribution in [-0.4, -0.2) is 63.2 Å². The van der Waals surface area contributed by atoms with E-state index in [1.54, 1.807) is 10.7 Å². The highest BCUT2D eigenvalue weighted by Crippen LogP contribution is 2.25. The third kappa shape index (κ3) is 5.62. The highest BCUT2D eigenvalue weighted by Gasteiger charge is 2.33. The standard InChI is InChI=1S/C27H33FN8O3/c1-4-23(37)35(25(38)22-7-10-29-22)19-5-6-21(28)17(13-19)14-30-27-34-26(32-18-8-11-39-12-9-18)33-24-20(16(2)3)15-31-36(24)27/h4-6,13,15-16,18,22,29H,1,7-12,14H2,2-3H3,(H2,30,32,33,34). The Bertz CT molecular complexity index is 1380. The molecule has 206 valence electrons. The molecule has 0 radical (unpaired) electrons. The zero-order valence-corrected chi connectivity index (χ0v) is 22.1. The van der Waals surface area contributed by atoms with E-state index in [9.17, 15) is 14.0 Å². The molecule has 0 spiro atoms. The Balaban J connectivity index is 1.43. The molecule has 1 unspecified atom stereocenters. The van der Waals surface area contributed by atoms with Crippen molar-refractivity contribution in [1.82, 2.24) is 24.9 Å². The van der Waals surface area contributed by atoms with E-state index in [2.05, 4.69) is 46.5 Å². The third-order valence-corrected chi connectivity index (χ3v) is 7.03. The fourth-order valence-corrected chi connectivity index (χ4v) is 4.62. The maximum Gasteiger partial charge on any atom is 0.257 e. The Morgan fingerprint density at radius 3 is 2.72 bits per heavy atom. The molecule has 2 aliphatic heterocycles. The number of benzene rings is 1. The highest BCUT2D eigenvalue weighted by molar-refractivity contribution is 6.20. The zero-order chi connectivity index (χ0) is 27.5. The second-order valence-corrected chi connectivity index (χ2v) is 10.0. The van der Waals surface area contributed by atoms with Gasteiger partial charge >= 0.3 is 0 Å². The highest BCUT2D eigenvalue weighted by atomic mass is 19.1. The molecule has 2 aromatic heterocycles. The molecule has 2 saturated heterocycles. The van der Waals surface area contributed by atoms with Gasteiger partial charge in [-0.3, -0.25) is 9.59 Å². The summed E-state index contributed by atoms with van der Waals surface area (Å²) in [6.45, 7) is 9.73. The van der Waals surface area contributed by atoms with Crippen molar-refractivity contribution in [3.8, 4) is 0 Å². The van der Waals surface area contributed by atoms with Crippen molar-refractivity contribution in [3.05, 3.63) is 54.0 Å². The first-order chi connectivity index (χ1) is 18.9. The number of carbonyl (C=O) groups is 2. The van der Waals surface area contributed by atoms with Gasteiger partial charge in [0.15, 0.2) is 5.65 Å². The fraction of sp³-hybridized carbons (Fsp3) is 0.444. The van der Waals surface area contributed by atoms with Crippen LogP contribution in [0, 0.1) is 5.82 Å². The van der Waals surface area contributed by atoms with E-state index in [0.717, 1.165) is 29.4 Å². The van der Waals surface area contributed by atoms with Gasteiger partial charge in [0.1, 0.15) is 5.82 Å². The lowest BCUT2D eigenvalue weighted by Crippen LogP contribution is -2.55. The minimum absolute atomic E-state index is 0.0331. The lowest BCUT2D eigenvalue weighted by atomic mass is 10.0. The van der Waals surface area contributed by atoms with Gasteiger partial charge < -0.3 is 20.7 Å². The van der Waals surface area contributed by atoms with E-state index in [1.165, 1.54) is 18.2 Å². The van der Waals surface area contributed by atoms with Gasteiger partial charge in [0.2, 0.25) is 11.9 Å². The van der Waals surface area contributed by atoms with Gasteiger partial charge in [0, 0.05) is 36.9 Å². The van der Waals surface area contributed by atoms with Crippen molar-refractivity contribution in [3.63, 3.8) is 0 Å². The molecule has 0 aliphatic carbocycles. The van der Waals surface area contributed by atoms with E-state index >= 15 is 0 Å². The van der Waals surface area contributed by atoms with Crippen LogP contribution >= 0.6 is 0 Å². The average molecular weight is 537 g/mol. The largest absolute Gasteiger partial charge is 0.381 e. The van der Waals surface area contributed by atoms with Gasteiger partial charge in [-0.05, 0) is 56.0 Å². The van der Waals surface area contributed by atoms with Crippen molar-refractivity contribution in [2.45, 2.75) is 57.7 Å². The number of fused-ring (bicyclic) bond motifs is 1. The Labute approximate surface area is 225 Å². The van der Waals surface area contributed by atoms with Crippen LogP contribution in [0.4, 0.5) is 22.0 Å². The van der Waals surface area contributed by atoms with Crippen LogP contribution < -0.4 is 20.9 Å². The third-order valence-electron chi connectivity index (χ3n) is 7.03. The smallest absolute Gasteiger partial charge is 0.257 e. The van der Waals surface area contributed by atoms with Crippen LogP contribution in [-0.2, 0) is 20.9 Å². The first-order valence-corrected chi connectivity index (χ1v) is 13.2. The molecule has 2 aliphatic rings. The molecule has 3 aromatic rings. The average Bonchev–Trinajstić information content (AvgIpc) is 3.33. The monoisotopic (exact) mass is 536 g/mol. The molecular weight excluding hydrogens is 503 g/mol. The number of carbonyl (C=O) groups excluding carboxylic acids is 2. The van der Waals surface area contributed by atoms with Crippen molar-refractivity contribution >= 4 is 35.0 Å². The number of rotatable bonds is 9. The number of hydrogen-bond donors (Lipinski definition) is 3. The molecule has 0 bridgehead atoms. The molecule has 0 saturated carbocycles. The van der Waals surface area contributed by atoms with Crippen molar-refractivity contribution in [2.75, 3.05) is 35.3 Å². The van der Waals surface area contributed by atoms with E-state index in [4.69, 9.17) is 9.72 Å². The first-order valence-electron chi connectivity index (χ1n) is 13.2. The van der Waals surface area contributed by atoms with E-state index in [0.29, 0.717) is 43.7 Å². The van der Waals surface area contributed by atoms with Crippen LogP contribution in [0.2, 0.25) is 0 Å². The minimum atomic E-state index is -0.571. The van der Waals surface area contributed by atoms with Crippen LogP contribution in [0.3, 0.4) is 0 Å². The zero-order valence-electron chi connectivity index (χ0n) is 22.1. The summed E-state index contributed by atoms with van der Waals surface area (Å²) < 4.78 is 22.0. The predicted octanol–water partition coefficient (Wildman–Crippen LogP) is 3.00. The summed E-state index contributed by atoms with van der Waals surface area (Å²) in [7, 11) is 0. The second kappa shape index (κ2) is 11.5. The summed E-state index contributed by atoms with van der Waals surface area (Å²) >= 11 is 0. The molecule has 12 heteroatoms. The molecule has 39 heavy (non-hydrogen) atoms. The number of aromatic nitrogens is 4. The summed E-state index contributed by atoms with van der Waals surface area (Å²) in [6, 6.07) is 3.88. The molecule has 11 nitrogen and oxygen atoms in total. The van der Waals surface area contributed by atoms with Gasteiger partial charge in [-0.1, -0.05) is 20.4 Å². The van der Waals surface area contributed by atoms with Crippen molar-refractivity contribution in [1.29, 1.82) is 0 Å². The molecule has 2 fully saturated rings.